The van der Waals surface area contributed by atoms with Crippen molar-refractivity contribution in [3.8, 4) is 0 Å². The number of carbonyl (C=O) groups excluding carboxylic acids is 1. The summed E-state index contributed by atoms with van der Waals surface area (Å²) in [5.74, 6) is -0.113. The van der Waals surface area contributed by atoms with Gasteiger partial charge >= 0.3 is 5.97 Å². The van der Waals surface area contributed by atoms with Gasteiger partial charge in [0.1, 0.15) is 0 Å². The van der Waals surface area contributed by atoms with E-state index in [0.29, 0.717) is 13.0 Å². The Labute approximate surface area is 125 Å². The minimum Gasteiger partial charge on any atom is -0.466 e. The summed E-state index contributed by atoms with van der Waals surface area (Å²) < 4.78 is 5.21. The molecule has 0 aliphatic carbocycles. The third-order valence-electron chi connectivity index (χ3n) is 5.13. The van der Waals surface area contributed by atoms with Crippen LogP contribution < -0.4 is 0 Å². The number of hydrogen-bond donors (Lipinski definition) is 1. The zero-order valence-electron chi connectivity index (χ0n) is 12.6. The first-order valence-electron chi connectivity index (χ1n) is 7.75. The molecule has 4 nitrogen and oxygen atoms in total. The van der Waals surface area contributed by atoms with Gasteiger partial charge < -0.3 is 9.84 Å². The third kappa shape index (κ3) is 2.47. The molecule has 114 valence electrons. The molecule has 0 unspecified atom stereocenters. The maximum atomic E-state index is 12.2. The quantitative estimate of drug-likeness (QED) is 0.862. The van der Waals surface area contributed by atoms with Crippen molar-refractivity contribution >= 4 is 5.97 Å². The molecule has 2 fully saturated rings. The van der Waals surface area contributed by atoms with Crippen LogP contribution in [0.25, 0.3) is 0 Å². The van der Waals surface area contributed by atoms with Crippen LogP contribution >= 0.6 is 0 Å². The SMILES string of the molecule is CCOC(=O)[C@H]1C[C@@H]2[C@H](O)[C@@H](c3ccccc3)C[C@H]1N2C. The van der Waals surface area contributed by atoms with Gasteiger partial charge in [-0.05, 0) is 32.4 Å². The number of nitrogens with zero attached hydrogens (tertiary/aromatic N) is 1. The fraction of sp³-hybridized carbons (Fsp3) is 0.588. The lowest BCUT2D eigenvalue weighted by molar-refractivity contribution is -0.148. The first-order valence-corrected chi connectivity index (χ1v) is 7.75. The summed E-state index contributed by atoms with van der Waals surface area (Å²) in [5.41, 5.74) is 1.16. The highest BCUT2D eigenvalue weighted by atomic mass is 16.5. The van der Waals surface area contributed by atoms with E-state index in [4.69, 9.17) is 4.74 Å². The van der Waals surface area contributed by atoms with Crippen molar-refractivity contribution in [2.75, 3.05) is 13.7 Å². The number of hydrogen-bond acceptors (Lipinski definition) is 4. The average molecular weight is 289 g/mol. The van der Waals surface area contributed by atoms with Gasteiger partial charge in [-0.3, -0.25) is 9.69 Å². The van der Waals surface area contributed by atoms with E-state index in [1.165, 1.54) is 0 Å². The van der Waals surface area contributed by atoms with E-state index >= 15 is 0 Å². The molecule has 21 heavy (non-hydrogen) atoms. The molecule has 2 saturated heterocycles. The molecule has 2 aliphatic heterocycles. The fourth-order valence-electron chi connectivity index (χ4n) is 4.03. The first-order chi connectivity index (χ1) is 10.1. The Morgan fingerprint density at radius 1 is 1.29 bits per heavy atom. The third-order valence-corrected chi connectivity index (χ3v) is 5.13. The number of rotatable bonds is 3. The number of aliphatic hydroxyl groups excluding tert-OH is 1. The molecular weight excluding hydrogens is 266 g/mol. The van der Waals surface area contributed by atoms with Crippen molar-refractivity contribution in [3.05, 3.63) is 35.9 Å². The number of aliphatic hydroxyl groups is 1. The lowest BCUT2D eigenvalue weighted by Crippen LogP contribution is -2.49. The van der Waals surface area contributed by atoms with Gasteiger partial charge in [-0.1, -0.05) is 30.3 Å². The standard InChI is InChI=1S/C17H23NO3/c1-3-21-17(20)13-10-15-16(19)12(9-14(13)18(15)2)11-7-5-4-6-8-11/h4-8,12-16,19H,3,9-10H2,1-2H3/t12-,13+,14-,15-,16-/m1/s1. The van der Waals surface area contributed by atoms with Crippen LogP contribution in [0.2, 0.25) is 0 Å². The normalized spacial score (nSPS) is 35.7. The van der Waals surface area contributed by atoms with Gasteiger partial charge in [0, 0.05) is 18.0 Å². The lowest BCUT2D eigenvalue weighted by atomic mass is 9.82. The lowest BCUT2D eigenvalue weighted by Gasteiger charge is -2.41. The van der Waals surface area contributed by atoms with Crippen LogP contribution in [0.1, 0.15) is 31.2 Å². The molecule has 0 saturated carbocycles. The van der Waals surface area contributed by atoms with E-state index in [-0.39, 0.29) is 29.9 Å². The Hall–Kier alpha value is -1.39. The topological polar surface area (TPSA) is 49.8 Å². The van der Waals surface area contributed by atoms with Gasteiger partial charge in [-0.2, -0.15) is 0 Å². The Kier molecular flexibility index (Phi) is 4.00. The van der Waals surface area contributed by atoms with Crippen LogP contribution in [0.5, 0.6) is 0 Å². The summed E-state index contributed by atoms with van der Waals surface area (Å²) >= 11 is 0. The van der Waals surface area contributed by atoms with Gasteiger partial charge in [0.25, 0.3) is 0 Å². The van der Waals surface area contributed by atoms with Gasteiger partial charge in [0.05, 0.1) is 18.6 Å². The van der Waals surface area contributed by atoms with Crippen molar-refractivity contribution in [2.45, 2.75) is 43.9 Å². The molecule has 0 radical (unpaired) electrons. The number of ether oxygens (including phenoxy) is 1. The van der Waals surface area contributed by atoms with E-state index in [0.717, 1.165) is 12.0 Å². The van der Waals surface area contributed by atoms with Gasteiger partial charge in [0.2, 0.25) is 0 Å². The summed E-state index contributed by atoms with van der Waals surface area (Å²) in [5, 5.41) is 10.7. The van der Waals surface area contributed by atoms with Crippen LogP contribution in [-0.4, -0.2) is 47.8 Å². The molecule has 5 atom stereocenters. The zero-order valence-corrected chi connectivity index (χ0v) is 12.6. The second-order valence-corrected chi connectivity index (χ2v) is 6.14. The molecule has 4 heteroatoms. The number of piperidine rings is 1. The van der Waals surface area contributed by atoms with Gasteiger partial charge in [-0.15, -0.1) is 0 Å². The monoisotopic (exact) mass is 289 g/mol. The molecule has 2 aliphatic rings. The second-order valence-electron chi connectivity index (χ2n) is 6.14. The highest BCUT2D eigenvalue weighted by Crippen LogP contribution is 2.45. The molecular formula is C17H23NO3. The number of benzene rings is 1. The van der Waals surface area contributed by atoms with Crippen LogP contribution in [0.3, 0.4) is 0 Å². The Morgan fingerprint density at radius 2 is 2.00 bits per heavy atom. The first kappa shape index (κ1) is 14.5. The van der Waals surface area contributed by atoms with E-state index in [9.17, 15) is 9.90 Å². The van der Waals surface area contributed by atoms with Crippen LogP contribution in [0.4, 0.5) is 0 Å². The van der Waals surface area contributed by atoms with Crippen molar-refractivity contribution in [1.29, 1.82) is 0 Å². The Morgan fingerprint density at radius 3 is 2.67 bits per heavy atom. The summed E-state index contributed by atoms with van der Waals surface area (Å²) in [6.45, 7) is 2.26. The summed E-state index contributed by atoms with van der Waals surface area (Å²) in [6.07, 6.45) is 1.08. The van der Waals surface area contributed by atoms with Crippen LogP contribution in [-0.2, 0) is 9.53 Å². The van der Waals surface area contributed by atoms with Crippen molar-refractivity contribution < 1.29 is 14.6 Å². The predicted octanol–water partition coefficient (Wildman–Crippen LogP) is 1.79. The Bertz CT molecular complexity index is 504. The van der Waals surface area contributed by atoms with Crippen LogP contribution in [0.15, 0.2) is 30.3 Å². The Balaban J connectivity index is 1.84. The van der Waals surface area contributed by atoms with Crippen LogP contribution in [0, 0.1) is 5.92 Å². The summed E-state index contributed by atoms with van der Waals surface area (Å²) in [7, 11) is 2.01. The summed E-state index contributed by atoms with van der Waals surface area (Å²) in [4.78, 5) is 14.3. The largest absolute Gasteiger partial charge is 0.466 e. The predicted molar refractivity (Wildman–Crippen MR) is 79.9 cm³/mol. The molecule has 1 N–H and O–H groups in total. The zero-order chi connectivity index (χ0) is 15.0. The second kappa shape index (κ2) is 5.78. The fourth-order valence-corrected chi connectivity index (χ4v) is 4.03. The van der Waals surface area contributed by atoms with E-state index in [1.54, 1.807) is 0 Å². The minimum atomic E-state index is -0.423. The van der Waals surface area contributed by atoms with Crippen molar-refractivity contribution in [1.82, 2.24) is 4.90 Å². The molecule has 0 amide bonds. The number of carbonyl (C=O) groups is 1. The van der Waals surface area contributed by atoms with Crippen molar-refractivity contribution in [3.63, 3.8) is 0 Å². The molecule has 2 heterocycles. The maximum absolute atomic E-state index is 12.2. The molecule has 2 bridgehead atoms. The number of fused-ring (bicyclic) bond motifs is 2. The average Bonchev–Trinajstić information content (AvgIpc) is 2.72. The highest BCUT2D eigenvalue weighted by Gasteiger charge is 2.52. The molecule has 1 aromatic rings. The van der Waals surface area contributed by atoms with E-state index in [2.05, 4.69) is 17.0 Å². The van der Waals surface area contributed by atoms with Gasteiger partial charge in [-0.25, -0.2) is 0 Å². The maximum Gasteiger partial charge on any atom is 0.310 e. The minimum absolute atomic E-state index is 0.0448. The summed E-state index contributed by atoms with van der Waals surface area (Å²) in [6, 6.07) is 10.3. The molecule has 1 aromatic carbocycles. The molecule has 0 spiro atoms. The van der Waals surface area contributed by atoms with Crippen molar-refractivity contribution in [2.24, 2.45) is 5.92 Å². The number of likely N-dealkylation sites (N-methyl/N-ethyl adjacent to an activating group) is 1. The smallest absolute Gasteiger partial charge is 0.310 e. The molecule has 3 rings (SSSR count). The van der Waals surface area contributed by atoms with Gasteiger partial charge in [0.15, 0.2) is 0 Å². The highest BCUT2D eigenvalue weighted by molar-refractivity contribution is 5.74. The van der Waals surface area contributed by atoms with E-state index < -0.39 is 6.10 Å². The molecule has 0 aromatic heterocycles. The van der Waals surface area contributed by atoms with E-state index in [1.807, 2.05) is 32.2 Å². The number of esters is 1.